The fourth-order valence-electron chi connectivity index (χ4n) is 1.37. The summed E-state index contributed by atoms with van der Waals surface area (Å²) in [4.78, 5) is 7.27. The van der Waals surface area contributed by atoms with E-state index < -0.39 is 15.2 Å². The Hall–Kier alpha value is -2.03. The van der Waals surface area contributed by atoms with Gasteiger partial charge in [-0.15, -0.1) is 0 Å². The van der Waals surface area contributed by atoms with Crippen LogP contribution in [0.15, 0.2) is 48.8 Å². The predicted molar refractivity (Wildman–Crippen MR) is 64.5 cm³/mol. The Morgan fingerprint density at radius 2 is 1.63 bits per heavy atom. The van der Waals surface area contributed by atoms with Gasteiger partial charge in [-0.1, -0.05) is 30.3 Å². The van der Waals surface area contributed by atoms with Crippen LogP contribution in [0, 0.1) is 0 Å². The van der Waals surface area contributed by atoms with E-state index in [0.717, 1.165) is 0 Å². The normalized spacial score (nSPS) is 14.6. The van der Waals surface area contributed by atoms with Crippen LogP contribution in [0.4, 0.5) is 0 Å². The summed E-state index contributed by atoms with van der Waals surface area (Å²) in [5.41, 5.74) is -0.162. The molecule has 7 nitrogen and oxygen atoms in total. The molecule has 0 bridgehead atoms. The van der Waals surface area contributed by atoms with Crippen molar-refractivity contribution in [2.45, 2.75) is 5.12 Å². The third-order valence-electron chi connectivity index (χ3n) is 2.26. The lowest BCUT2D eigenvalue weighted by Crippen LogP contribution is -2.41. The molecule has 0 fully saturated rings. The topological polar surface area (TPSA) is 110 Å². The Morgan fingerprint density at radius 1 is 1.05 bits per heavy atom. The van der Waals surface area contributed by atoms with Gasteiger partial charge in [-0.05, 0) is 6.07 Å². The first-order valence-electron chi connectivity index (χ1n) is 5.14. The summed E-state index contributed by atoms with van der Waals surface area (Å²) in [7, 11) is -4.96. The van der Waals surface area contributed by atoms with Crippen LogP contribution >= 0.6 is 0 Å². The minimum Gasteiger partial charge on any atom is -0.410 e. The number of benzene rings is 1. The standard InChI is InChI=1S/C11H10N2O5S/c14-11(19(15,16)17,9-5-2-1-3-6-9)18-10-12-7-4-8-13-10/h1-8,14H,(H,15,16,17). The fraction of sp³-hybridized carbons (Fsp3) is 0.0909. The smallest absolute Gasteiger partial charge is 0.368 e. The zero-order chi connectivity index (χ0) is 13.9. The maximum absolute atomic E-state index is 11.4. The molecule has 2 N–H and O–H groups in total. The molecule has 0 spiro atoms. The van der Waals surface area contributed by atoms with Gasteiger partial charge >= 0.3 is 21.2 Å². The average Bonchev–Trinajstić information content (AvgIpc) is 2.39. The lowest BCUT2D eigenvalue weighted by molar-refractivity contribution is -0.0799. The van der Waals surface area contributed by atoms with E-state index in [2.05, 4.69) is 9.97 Å². The van der Waals surface area contributed by atoms with Crippen molar-refractivity contribution < 1.29 is 22.8 Å². The molecule has 2 rings (SSSR count). The van der Waals surface area contributed by atoms with E-state index in [0.29, 0.717) is 0 Å². The molecule has 0 aliphatic heterocycles. The van der Waals surface area contributed by atoms with Gasteiger partial charge in [0.15, 0.2) is 0 Å². The van der Waals surface area contributed by atoms with E-state index in [4.69, 9.17) is 4.74 Å². The van der Waals surface area contributed by atoms with Gasteiger partial charge in [0.05, 0.1) is 0 Å². The Bertz CT molecular complexity index is 647. The number of hydrogen-bond donors (Lipinski definition) is 2. The van der Waals surface area contributed by atoms with E-state index in [1.807, 2.05) is 0 Å². The van der Waals surface area contributed by atoms with E-state index in [-0.39, 0.29) is 11.6 Å². The van der Waals surface area contributed by atoms with E-state index in [1.54, 1.807) is 6.07 Å². The second-order valence-corrected chi connectivity index (χ2v) is 5.06. The highest BCUT2D eigenvalue weighted by Gasteiger charge is 2.46. The maximum Gasteiger partial charge on any atom is 0.368 e. The quantitative estimate of drug-likeness (QED) is 0.622. The van der Waals surface area contributed by atoms with Gasteiger partial charge in [-0.2, -0.15) is 8.42 Å². The van der Waals surface area contributed by atoms with Gasteiger partial charge in [-0.25, -0.2) is 9.97 Å². The molecule has 0 aliphatic carbocycles. The third kappa shape index (κ3) is 2.70. The number of hydrogen-bond acceptors (Lipinski definition) is 6. The minimum absolute atomic E-state index is 0.162. The lowest BCUT2D eigenvalue weighted by Gasteiger charge is -2.24. The molecule has 100 valence electrons. The maximum atomic E-state index is 11.4. The van der Waals surface area contributed by atoms with E-state index in [1.165, 1.54) is 42.7 Å². The number of ether oxygens (including phenoxy) is 1. The molecule has 0 saturated carbocycles. The van der Waals surface area contributed by atoms with Crippen molar-refractivity contribution in [2.24, 2.45) is 0 Å². The van der Waals surface area contributed by atoms with Crippen molar-refractivity contribution in [1.29, 1.82) is 0 Å². The van der Waals surface area contributed by atoms with Gasteiger partial charge in [0.25, 0.3) is 0 Å². The van der Waals surface area contributed by atoms with Crippen LogP contribution in [0.3, 0.4) is 0 Å². The molecule has 0 amide bonds. The molecule has 1 atom stereocenters. The molecule has 1 aromatic heterocycles. The molecule has 2 aromatic rings. The fourth-order valence-corrected chi connectivity index (χ4v) is 1.98. The van der Waals surface area contributed by atoms with Crippen LogP contribution in [0.2, 0.25) is 0 Å². The summed E-state index contributed by atoms with van der Waals surface area (Å²) in [6, 6.07) is 8.27. The predicted octanol–water partition coefficient (Wildman–Crippen LogP) is 0.546. The summed E-state index contributed by atoms with van der Waals surface area (Å²) in [6.45, 7) is 0. The van der Waals surface area contributed by atoms with Crippen molar-refractivity contribution in [1.82, 2.24) is 9.97 Å². The summed E-state index contributed by atoms with van der Waals surface area (Å²) >= 11 is 0. The molecule has 19 heavy (non-hydrogen) atoms. The molecular weight excluding hydrogens is 272 g/mol. The van der Waals surface area contributed by atoms with Crippen LogP contribution in [0.25, 0.3) is 0 Å². The van der Waals surface area contributed by atoms with Crippen molar-refractivity contribution in [3.05, 3.63) is 54.4 Å². The molecule has 1 unspecified atom stereocenters. The Kier molecular flexibility index (Phi) is 3.47. The van der Waals surface area contributed by atoms with Crippen molar-refractivity contribution in [3.63, 3.8) is 0 Å². The Morgan fingerprint density at radius 3 is 2.16 bits per heavy atom. The molecular formula is C11H10N2O5S. The van der Waals surface area contributed by atoms with Gasteiger partial charge in [0, 0.05) is 18.0 Å². The number of nitrogens with zero attached hydrogens (tertiary/aromatic N) is 2. The van der Waals surface area contributed by atoms with E-state index >= 15 is 0 Å². The summed E-state index contributed by atoms with van der Waals surface area (Å²) in [6.07, 6.45) is 2.61. The van der Waals surface area contributed by atoms with Gasteiger partial charge in [-0.3, -0.25) is 4.55 Å². The second-order valence-electron chi connectivity index (χ2n) is 3.56. The van der Waals surface area contributed by atoms with Gasteiger partial charge < -0.3 is 9.84 Å². The van der Waals surface area contributed by atoms with Crippen molar-refractivity contribution in [3.8, 4) is 6.01 Å². The third-order valence-corrected chi connectivity index (χ3v) is 3.28. The lowest BCUT2D eigenvalue weighted by atomic mass is 10.2. The van der Waals surface area contributed by atoms with Crippen molar-refractivity contribution >= 4 is 10.1 Å². The van der Waals surface area contributed by atoms with Crippen molar-refractivity contribution in [2.75, 3.05) is 0 Å². The van der Waals surface area contributed by atoms with Crippen LogP contribution in [0.5, 0.6) is 6.01 Å². The van der Waals surface area contributed by atoms with E-state index in [9.17, 15) is 18.1 Å². The zero-order valence-corrected chi connectivity index (χ0v) is 10.4. The number of aliphatic hydroxyl groups is 1. The molecule has 0 saturated heterocycles. The highest BCUT2D eigenvalue weighted by molar-refractivity contribution is 7.86. The first-order valence-corrected chi connectivity index (χ1v) is 6.58. The Balaban J connectivity index is 2.49. The molecule has 1 aromatic carbocycles. The van der Waals surface area contributed by atoms with Crippen LogP contribution < -0.4 is 4.74 Å². The van der Waals surface area contributed by atoms with Crippen LogP contribution in [-0.4, -0.2) is 28.0 Å². The largest absolute Gasteiger partial charge is 0.410 e. The first kappa shape index (κ1) is 13.4. The van der Waals surface area contributed by atoms with Crippen LogP contribution in [-0.2, 0) is 15.2 Å². The molecule has 1 heterocycles. The SMILES string of the molecule is O=S(=O)(O)C(O)(Oc1ncccn1)c1ccccc1. The van der Waals surface area contributed by atoms with Gasteiger partial charge in [0.1, 0.15) is 0 Å². The highest BCUT2D eigenvalue weighted by Crippen LogP contribution is 2.28. The first-order chi connectivity index (χ1) is 8.93. The molecule has 8 heteroatoms. The number of aromatic nitrogens is 2. The average molecular weight is 282 g/mol. The summed E-state index contributed by atoms with van der Waals surface area (Å²) in [5, 5.41) is 7.17. The molecule has 0 radical (unpaired) electrons. The van der Waals surface area contributed by atoms with Crippen LogP contribution in [0.1, 0.15) is 5.56 Å². The molecule has 0 aliphatic rings. The highest BCUT2D eigenvalue weighted by atomic mass is 32.2. The number of rotatable bonds is 4. The zero-order valence-electron chi connectivity index (χ0n) is 9.54. The minimum atomic E-state index is -4.96. The monoisotopic (exact) mass is 282 g/mol. The second kappa shape index (κ2) is 4.92. The Labute approximate surface area is 109 Å². The van der Waals surface area contributed by atoms with Gasteiger partial charge in [0.2, 0.25) is 0 Å². The summed E-state index contributed by atoms with van der Waals surface area (Å²) < 4.78 is 36.8. The summed E-state index contributed by atoms with van der Waals surface area (Å²) in [5.74, 6) is 0.